The zero-order chi connectivity index (χ0) is 19.1. The number of likely N-dealkylation sites (tertiary alicyclic amines) is 1. The van der Waals surface area contributed by atoms with Gasteiger partial charge in [-0.2, -0.15) is 0 Å². The average Bonchev–Trinajstić information content (AvgIpc) is 3.10. The number of amides is 1. The zero-order valence-electron chi connectivity index (χ0n) is 16.6. The summed E-state index contributed by atoms with van der Waals surface area (Å²) in [5, 5.41) is 3.36. The van der Waals surface area contributed by atoms with Crippen LogP contribution in [0.2, 0.25) is 0 Å². The molecule has 28 heavy (non-hydrogen) atoms. The Balaban J connectivity index is 0.00000280. The molecule has 8 heteroatoms. The zero-order valence-corrected chi connectivity index (χ0v) is 18.9. The van der Waals surface area contributed by atoms with Gasteiger partial charge >= 0.3 is 0 Å². The molecular formula is C20H31FIN5O. The Bertz CT molecular complexity index is 664. The van der Waals surface area contributed by atoms with Crippen molar-refractivity contribution < 1.29 is 9.18 Å². The van der Waals surface area contributed by atoms with Crippen LogP contribution in [0.5, 0.6) is 0 Å². The van der Waals surface area contributed by atoms with Crippen molar-refractivity contribution in [1.29, 1.82) is 0 Å². The topological polar surface area (TPSA) is 51.2 Å². The van der Waals surface area contributed by atoms with Crippen molar-refractivity contribution in [2.45, 2.75) is 26.2 Å². The van der Waals surface area contributed by atoms with Crippen LogP contribution in [0.4, 0.5) is 10.1 Å². The molecule has 2 saturated heterocycles. The smallest absolute Gasteiger partial charge is 0.222 e. The summed E-state index contributed by atoms with van der Waals surface area (Å²) in [4.78, 5) is 22.7. The molecule has 0 radical (unpaired) electrons. The van der Waals surface area contributed by atoms with Crippen LogP contribution < -0.4 is 10.2 Å². The van der Waals surface area contributed by atoms with E-state index in [1.807, 2.05) is 17.0 Å². The van der Waals surface area contributed by atoms with E-state index < -0.39 is 0 Å². The maximum Gasteiger partial charge on any atom is 0.222 e. The fourth-order valence-electron chi connectivity index (χ4n) is 3.68. The number of nitrogens with zero attached hydrogens (tertiary/aromatic N) is 4. The van der Waals surface area contributed by atoms with Gasteiger partial charge in [-0.15, -0.1) is 24.0 Å². The molecule has 6 nitrogen and oxygen atoms in total. The summed E-state index contributed by atoms with van der Waals surface area (Å²) in [6.07, 6.45) is 2.56. The third kappa shape index (κ3) is 5.96. The molecule has 1 aromatic rings. The molecule has 0 aromatic heterocycles. The summed E-state index contributed by atoms with van der Waals surface area (Å²) in [5.74, 6) is 1.02. The van der Waals surface area contributed by atoms with E-state index in [2.05, 4.69) is 22.0 Å². The predicted octanol–water partition coefficient (Wildman–Crippen LogP) is 2.54. The van der Waals surface area contributed by atoms with E-state index in [1.165, 1.54) is 6.07 Å². The standard InChI is InChI=1S/C20H30FN5O.HI/c1-2-22-20(23-10-6-12-25-11-5-9-19(25)27)26-15-13-24(14-16-26)18-8-4-3-7-17(18)21;/h3-4,7-8H,2,5-6,9-16H2,1H3,(H,22,23);1H. The lowest BCUT2D eigenvalue weighted by Gasteiger charge is -2.37. The lowest BCUT2D eigenvalue weighted by atomic mass is 10.2. The van der Waals surface area contributed by atoms with Crippen molar-refractivity contribution in [1.82, 2.24) is 15.1 Å². The van der Waals surface area contributed by atoms with Gasteiger partial charge in [-0.25, -0.2) is 4.39 Å². The number of piperazine rings is 1. The number of guanidine groups is 1. The molecule has 1 N–H and O–H groups in total. The summed E-state index contributed by atoms with van der Waals surface area (Å²) in [5.41, 5.74) is 0.675. The van der Waals surface area contributed by atoms with Gasteiger partial charge in [0, 0.05) is 58.8 Å². The lowest BCUT2D eigenvalue weighted by Crippen LogP contribution is -2.52. The minimum atomic E-state index is -0.164. The molecule has 156 valence electrons. The molecule has 1 amide bonds. The number of halogens is 2. The summed E-state index contributed by atoms with van der Waals surface area (Å²) in [6, 6.07) is 6.95. The number of para-hydroxylation sites is 1. The van der Waals surface area contributed by atoms with Gasteiger partial charge in [-0.3, -0.25) is 9.79 Å². The van der Waals surface area contributed by atoms with E-state index >= 15 is 0 Å². The fraction of sp³-hybridized carbons (Fsp3) is 0.600. The van der Waals surface area contributed by atoms with E-state index in [9.17, 15) is 9.18 Å². The number of hydrogen-bond acceptors (Lipinski definition) is 3. The fourth-order valence-corrected chi connectivity index (χ4v) is 3.68. The third-order valence-electron chi connectivity index (χ3n) is 5.13. The number of carbonyl (C=O) groups is 1. The molecule has 3 rings (SSSR count). The molecule has 2 aliphatic rings. The molecular weight excluding hydrogens is 472 g/mol. The molecule has 0 spiro atoms. The first kappa shape index (κ1) is 22.7. The summed E-state index contributed by atoms with van der Waals surface area (Å²) in [7, 11) is 0. The monoisotopic (exact) mass is 503 g/mol. The van der Waals surface area contributed by atoms with Gasteiger partial charge in [0.1, 0.15) is 5.82 Å². The average molecular weight is 503 g/mol. The van der Waals surface area contributed by atoms with Crippen LogP contribution in [0.3, 0.4) is 0 Å². The minimum absolute atomic E-state index is 0. The van der Waals surface area contributed by atoms with Crippen LogP contribution in [-0.4, -0.2) is 74.0 Å². The molecule has 0 saturated carbocycles. The number of aliphatic imine (C=N–C) groups is 1. The summed E-state index contributed by atoms with van der Waals surface area (Å²) >= 11 is 0. The van der Waals surface area contributed by atoms with E-state index in [0.29, 0.717) is 18.7 Å². The Morgan fingerprint density at radius 2 is 1.93 bits per heavy atom. The number of rotatable bonds is 6. The van der Waals surface area contributed by atoms with Crippen LogP contribution in [0.1, 0.15) is 26.2 Å². The number of carbonyl (C=O) groups excluding carboxylic acids is 1. The van der Waals surface area contributed by atoms with E-state index in [1.54, 1.807) is 6.07 Å². The first-order chi connectivity index (χ1) is 13.2. The van der Waals surface area contributed by atoms with Crippen LogP contribution in [0.25, 0.3) is 0 Å². The van der Waals surface area contributed by atoms with Crippen molar-refractivity contribution in [2.24, 2.45) is 4.99 Å². The number of benzene rings is 1. The van der Waals surface area contributed by atoms with Crippen molar-refractivity contribution in [3.8, 4) is 0 Å². The van der Waals surface area contributed by atoms with Crippen LogP contribution >= 0.6 is 24.0 Å². The first-order valence-corrected chi connectivity index (χ1v) is 9.99. The molecule has 0 atom stereocenters. The van der Waals surface area contributed by atoms with E-state index in [-0.39, 0.29) is 35.7 Å². The van der Waals surface area contributed by atoms with Gasteiger partial charge in [-0.1, -0.05) is 12.1 Å². The van der Waals surface area contributed by atoms with E-state index in [0.717, 1.165) is 64.6 Å². The molecule has 0 aliphatic carbocycles. The second kappa shape index (κ2) is 11.4. The van der Waals surface area contributed by atoms with Crippen molar-refractivity contribution in [2.75, 3.05) is 57.3 Å². The number of nitrogens with one attached hydrogen (secondary N) is 1. The highest BCUT2D eigenvalue weighted by Gasteiger charge is 2.22. The van der Waals surface area contributed by atoms with Crippen molar-refractivity contribution in [3.05, 3.63) is 30.1 Å². The predicted molar refractivity (Wildman–Crippen MR) is 122 cm³/mol. The summed E-state index contributed by atoms with van der Waals surface area (Å²) < 4.78 is 14.0. The second-order valence-electron chi connectivity index (χ2n) is 7.00. The lowest BCUT2D eigenvalue weighted by molar-refractivity contribution is -0.127. The highest BCUT2D eigenvalue weighted by molar-refractivity contribution is 14.0. The quantitative estimate of drug-likeness (QED) is 0.281. The Hall–Kier alpha value is -1.58. The Morgan fingerprint density at radius 3 is 2.57 bits per heavy atom. The van der Waals surface area contributed by atoms with Gasteiger partial charge in [0.2, 0.25) is 5.91 Å². The maximum atomic E-state index is 14.0. The van der Waals surface area contributed by atoms with Gasteiger partial charge < -0.3 is 20.0 Å². The van der Waals surface area contributed by atoms with Gasteiger partial charge in [0.25, 0.3) is 0 Å². The number of hydrogen-bond donors (Lipinski definition) is 1. The van der Waals surface area contributed by atoms with E-state index in [4.69, 9.17) is 4.99 Å². The Kier molecular flexibility index (Phi) is 9.27. The minimum Gasteiger partial charge on any atom is -0.366 e. The molecule has 0 bridgehead atoms. The highest BCUT2D eigenvalue weighted by Crippen LogP contribution is 2.20. The Morgan fingerprint density at radius 1 is 1.18 bits per heavy atom. The molecule has 2 fully saturated rings. The Labute approximate surface area is 184 Å². The molecule has 2 heterocycles. The van der Waals surface area contributed by atoms with Crippen LogP contribution in [-0.2, 0) is 4.79 Å². The molecule has 0 unspecified atom stereocenters. The second-order valence-corrected chi connectivity index (χ2v) is 7.00. The highest BCUT2D eigenvalue weighted by atomic mass is 127. The SMILES string of the molecule is CCNC(=NCCCN1CCCC1=O)N1CCN(c2ccccc2F)CC1.I. The van der Waals surface area contributed by atoms with Crippen LogP contribution in [0.15, 0.2) is 29.3 Å². The van der Waals surface area contributed by atoms with Gasteiger partial charge in [0.05, 0.1) is 5.69 Å². The van der Waals surface area contributed by atoms with Crippen molar-refractivity contribution in [3.63, 3.8) is 0 Å². The molecule has 2 aliphatic heterocycles. The first-order valence-electron chi connectivity index (χ1n) is 9.99. The maximum absolute atomic E-state index is 14.0. The summed E-state index contributed by atoms with van der Waals surface area (Å²) in [6.45, 7) is 8.44. The third-order valence-corrected chi connectivity index (χ3v) is 5.13. The van der Waals surface area contributed by atoms with Gasteiger partial charge in [-0.05, 0) is 31.9 Å². The normalized spacial score (nSPS) is 17.7. The van der Waals surface area contributed by atoms with Gasteiger partial charge in [0.15, 0.2) is 5.96 Å². The molecule has 1 aromatic carbocycles. The van der Waals surface area contributed by atoms with Crippen molar-refractivity contribution >= 4 is 41.5 Å². The number of anilines is 1. The van der Waals surface area contributed by atoms with Crippen LogP contribution in [0, 0.1) is 5.82 Å². The largest absolute Gasteiger partial charge is 0.366 e.